The lowest BCUT2D eigenvalue weighted by molar-refractivity contribution is -0.137. The molecule has 3 aromatic heterocycles. The van der Waals surface area contributed by atoms with Crippen LogP contribution in [0.2, 0.25) is 0 Å². The predicted molar refractivity (Wildman–Crippen MR) is 95.2 cm³/mol. The van der Waals surface area contributed by atoms with Gasteiger partial charge in [0, 0.05) is 11.1 Å². The molecule has 0 saturated heterocycles. The molecular formula is C17H15F3N4O2S. The van der Waals surface area contributed by atoms with Gasteiger partial charge in [0.2, 0.25) is 0 Å². The molecule has 0 unspecified atom stereocenters. The molecule has 27 heavy (non-hydrogen) atoms. The van der Waals surface area contributed by atoms with Crippen LogP contribution in [-0.2, 0) is 6.18 Å². The molecule has 6 nitrogen and oxygen atoms in total. The first kappa shape index (κ1) is 18.9. The third-order valence-corrected chi connectivity index (χ3v) is 5.32. The summed E-state index contributed by atoms with van der Waals surface area (Å²) in [6.45, 7) is 5.00. The van der Waals surface area contributed by atoms with E-state index in [1.54, 1.807) is 13.8 Å². The van der Waals surface area contributed by atoms with Crippen LogP contribution in [0, 0.1) is 20.8 Å². The first-order valence-corrected chi connectivity index (χ1v) is 8.59. The highest BCUT2D eigenvalue weighted by atomic mass is 32.1. The minimum absolute atomic E-state index is 0.0461. The van der Waals surface area contributed by atoms with Gasteiger partial charge in [0.15, 0.2) is 0 Å². The summed E-state index contributed by atoms with van der Waals surface area (Å²) in [6, 6.07) is 2.10. The number of fused-ring (bicyclic) bond motifs is 1. The molecule has 0 atom stereocenters. The number of anilines is 1. The number of hydrogen-bond donors (Lipinski definition) is 2. The normalized spacial score (nSPS) is 11.8. The van der Waals surface area contributed by atoms with Crippen molar-refractivity contribution in [3.63, 3.8) is 0 Å². The van der Waals surface area contributed by atoms with Crippen LogP contribution >= 0.6 is 11.3 Å². The maximum Gasteiger partial charge on any atom is 0.417 e. The standard InChI is InChI=1S/C17H15F3N4O2S/c1-7-9(3)27-16(12(7)14(21)25)23-15(26)13-8(2)22-11-5-4-10(6-24(11)13)17(18,19)20/h4-6H,1-3H3,(H2,21,25)(H,23,26). The van der Waals surface area contributed by atoms with Crippen molar-refractivity contribution in [1.29, 1.82) is 0 Å². The summed E-state index contributed by atoms with van der Waals surface area (Å²) in [4.78, 5) is 29.4. The molecule has 0 bridgehead atoms. The van der Waals surface area contributed by atoms with Crippen molar-refractivity contribution < 1.29 is 22.8 Å². The molecule has 3 aromatic rings. The van der Waals surface area contributed by atoms with E-state index in [0.717, 1.165) is 21.5 Å². The monoisotopic (exact) mass is 396 g/mol. The average molecular weight is 396 g/mol. The second kappa shape index (κ2) is 6.38. The van der Waals surface area contributed by atoms with Gasteiger partial charge < -0.3 is 11.1 Å². The van der Waals surface area contributed by atoms with E-state index in [1.165, 1.54) is 24.3 Å². The van der Waals surface area contributed by atoms with Crippen LogP contribution in [0.25, 0.3) is 5.65 Å². The lowest BCUT2D eigenvalue weighted by atomic mass is 10.1. The quantitative estimate of drug-likeness (QED) is 0.708. The minimum atomic E-state index is -4.55. The lowest BCUT2D eigenvalue weighted by Gasteiger charge is -2.09. The van der Waals surface area contributed by atoms with Gasteiger partial charge in [-0.2, -0.15) is 13.2 Å². The minimum Gasteiger partial charge on any atom is -0.365 e. The number of aromatic nitrogens is 2. The molecule has 10 heteroatoms. The Labute approximate surface area is 155 Å². The number of halogens is 3. The van der Waals surface area contributed by atoms with Gasteiger partial charge in [0.25, 0.3) is 11.8 Å². The molecule has 2 amide bonds. The molecule has 0 spiro atoms. The van der Waals surface area contributed by atoms with E-state index >= 15 is 0 Å². The number of nitrogens with zero attached hydrogens (tertiary/aromatic N) is 2. The number of carbonyl (C=O) groups excluding carboxylic acids is 2. The number of nitrogens with two attached hydrogens (primary N) is 1. The Bertz CT molecular complexity index is 1080. The number of nitrogens with one attached hydrogen (secondary N) is 1. The van der Waals surface area contributed by atoms with E-state index in [-0.39, 0.29) is 27.6 Å². The molecule has 0 aromatic carbocycles. The lowest BCUT2D eigenvalue weighted by Crippen LogP contribution is -2.19. The van der Waals surface area contributed by atoms with Crippen LogP contribution < -0.4 is 11.1 Å². The first-order valence-electron chi connectivity index (χ1n) is 7.77. The van der Waals surface area contributed by atoms with Gasteiger partial charge in [-0.1, -0.05) is 0 Å². The fraction of sp³-hybridized carbons (Fsp3) is 0.235. The van der Waals surface area contributed by atoms with Gasteiger partial charge in [0.05, 0.1) is 16.8 Å². The van der Waals surface area contributed by atoms with Crippen molar-refractivity contribution in [3.05, 3.63) is 51.3 Å². The van der Waals surface area contributed by atoms with Crippen LogP contribution in [0.4, 0.5) is 18.2 Å². The zero-order valence-electron chi connectivity index (χ0n) is 14.6. The molecular weight excluding hydrogens is 381 g/mol. The zero-order chi connectivity index (χ0) is 20.1. The van der Waals surface area contributed by atoms with E-state index in [0.29, 0.717) is 5.56 Å². The van der Waals surface area contributed by atoms with Crippen molar-refractivity contribution in [3.8, 4) is 0 Å². The number of amides is 2. The van der Waals surface area contributed by atoms with Gasteiger partial charge in [-0.05, 0) is 38.5 Å². The van der Waals surface area contributed by atoms with Crippen molar-refractivity contribution in [2.75, 3.05) is 5.32 Å². The summed E-state index contributed by atoms with van der Waals surface area (Å²) in [5.41, 5.74) is 5.75. The highest BCUT2D eigenvalue weighted by Crippen LogP contribution is 2.33. The van der Waals surface area contributed by atoms with E-state index in [2.05, 4.69) is 10.3 Å². The Morgan fingerprint density at radius 2 is 1.89 bits per heavy atom. The SMILES string of the molecule is Cc1nc2ccc(C(F)(F)F)cn2c1C(=O)Nc1sc(C)c(C)c1C(N)=O. The Hall–Kier alpha value is -2.88. The molecule has 0 aliphatic heterocycles. The largest absolute Gasteiger partial charge is 0.417 e. The van der Waals surface area contributed by atoms with Crippen molar-refractivity contribution in [1.82, 2.24) is 9.38 Å². The maximum atomic E-state index is 13.0. The zero-order valence-corrected chi connectivity index (χ0v) is 15.4. The number of hydrogen-bond acceptors (Lipinski definition) is 4. The highest BCUT2D eigenvalue weighted by Gasteiger charge is 2.32. The van der Waals surface area contributed by atoms with Crippen LogP contribution in [0.5, 0.6) is 0 Å². The summed E-state index contributed by atoms with van der Waals surface area (Å²) >= 11 is 1.17. The summed E-state index contributed by atoms with van der Waals surface area (Å²) < 4.78 is 40.1. The third-order valence-electron chi connectivity index (χ3n) is 4.19. The Kier molecular flexibility index (Phi) is 4.46. The van der Waals surface area contributed by atoms with Gasteiger partial charge >= 0.3 is 6.18 Å². The van der Waals surface area contributed by atoms with Crippen molar-refractivity contribution >= 4 is 33.8 Å². The van der Waals surface area contributed by atoms with Crippen LogP contribution in [0.15, 0.2) is 18.3 Å². The number of carbonyl (C=O) groups is 2. The van der Waals surface area contributed by atoms with E-state index < -0.39 is 23.6 Å². The number of primary amides is 1. The van der Waals surface area contributed by atoms with E-state index in [4.69, 9.17) is 5.73 Å². The Morgan fingerprint density at radius 3 is 2.48 bits per heavy atom. The smallest absolute Gasteiger partial charge is 0.365 e. The summed E-state index contributed by atoms with van der Waals surface area (Å²) in [5, 5.41) is 2.84. The summed E-state index contributed by atoms with van der Waals surface area (Å²) in [5.74, 6) is -1.37. The first-order chi connectivity index (χ1) is 12.5. The molecule has 142 valence electrons. The summed E-state index contributed by atoms with van der Waals surface area (Å²) in [7, 11) is 0. The van der Waals surface area contributed by atoms with Gasteiger partial charge in [-0.25, -0.2) is 4.98 Å². The number of rotatable bonds is 3. The van der Waals surface area contributed by atoms with Crippen LogP contribution in [0.1, 0.15) is 42.5 Å². The van der Waals surface area contributed by atoms with Gasteiger partial charge in [0.1, 0.15) is 16.3 Å². The fourth-order valence-electron chi connectivity index (χ4n) is 2.78. The van der Waals surface area contributed by atoms with Crippen molar-refractivity contribution in [2.24, 2.45) is 5.73 Å². The molecule has 0 aliphatic rings. The summed E-state index contributed by atoms with van der Waals surface area (Å²) in [6.07, 6.45) is -3.73. The fourth-order valence-corrected chi connectivity index (χ4v) is 3.84. The maximum absolute atomic E-state index is 13.0. The Balaban J connectivity index is 2.08. The number of alkyl halides is 3. The molecule has 0 fully saturated rings. The van der Waals surface area contributed by atoms with E-state index in [1.807, 2.05) is 0 Å². The number of imidazole rings is 1. The second-order valence-corrected chi connectivity index (χ2v) is 7.22. The molecule has 0 radical (unpaired) electrons. The predicted octanol–water partition coefficient (Wildman–Crippen LogP) is 3.69. The third kappa shape index (κ3) is 3.27. The second-order valence-electron chi connectivity index (χ2n) is 6.00. The van der Waals surface area contributed by atoms with Crippen molar-refractivity contribution in [2.45, 2.75) is 26.9 Å². The molecule has 0 aliphatic carbocycles. The molecule has 3 N–H and O–H groups in total. The number of aryl methyl sites for hydroxylation is 2. The topological polar surface area (TPSA) is 89.5 Å². The number of thiophene rings is 1. The van der Waals surface area contributed by atoms with Gasteiger partial charge in [-0.3, -0.25) is 14.0 Å². The average Bonchev–Trinajstić information content (AvgIpc) is 3.01. The molecule has 0 saturated carbocycles. The van der Waals surface area contributed by atoms with Crippen LogP contribution in [0.3, 0.4) is 0 Å². The molecule has 3 heterocycles. The van der Waals surface area contributed by atoms with Crippen LogP contribution in [-0.4, -0.2) is 21.2 Å². The van der Waals surface area contributed by atoms with E-state index in [9.17, 15) is 22.8 Å². The molecule has 3 rings (SSSR count). The number of pyridine rings is 1. The Morgan fingerprint density at radius 1 is 1.22 bits per heavy atom. The van der Waals surface area contributed by atoms with Gasteiger partial charge in [-0.15, -0.1) is 11.3 Å². The highest BCUT2D eigenvalue weighted by molar-refractivity contribution is 7.16.